The molecule has 9 nitrogen and oxygen atoms in total. The monoisotopic (exact) mass is 347 g/mol. The van der Waals surface area contributed by atoms with Gasteiger partial charge in [-0.25, -0.2) is 15.0 Å². The van der Waals surface area contributed by atoms with Gasteiger partial charge >= 0.3 is 0 Å². The van der Waals surface area contributed by atoms with Crippen molar-refractivity contribution in [3.8, 4) is 17.3 Å². The van der Waals surface area contributed by atoms with Crippen LogP contribution in [0.4, 0.5) is 11.8 Å². The third-order valence-corrected chi connectivity index (χ3v) is 4.27. The highest BCUT2D eigenvalue weighted by atomic mass is 15.3. The molecule has 3 aromatic heterocycles. The summed E-state index contributed by atoms with van der Waals surface area (Å²) in [5, 5.41) is 13.2. The van der Waals surface area contributed by atoms with Crippen LogP contribution in [0.5, 0.6) is 0 Å². The molecule has 0 unspecified atom stereocenters. The molecule has 130 valence electrons. The first-order valence-electron chi connectivity index (χ1n) is 8.27. The summed E-state index contributed by atoms with van der Waals surface area (Å²) in [4.78, 5) is 21.9. The molecule has 0 atom stereocenters. The molecular formula is C17H17N9. The molecule has 9 heteroatoms. The fraction of sp³-hybridized carbons (Fsp3) is 0.294. The summed E-state index contributed by atoms with van der Waals surface area (Å²) < 4.78 is 1.75. The first kappa shape index (κ1) is 16.0. The lowest BCUT2D eigenvalue weighted by Crippen LogP contribution is -2.47. The van der Waals surface area contributed by atoms with E-state index >= 15 is 0 Å². The van der Waals surface area contributed by atoms with Gasteiger partial charge in [-0.15, -0.1) is 0 Å². The zero-order chi connectivity index (χ0) is 17.9. The van der Waals surface area contributed by atoms with Gasteiger partial charge in [0.1, 0.15) is 17.6 Å². The minimum atomic E-state index is 0.382. The molecule has 1 saturated heterocycles. The molecule has 0 amide bonds. The molecule has 4 rings (SSSR count). The smallest absolute Gasteiger partial charge is 0.226 e. The average Bonchev–Trinajstić information content (AvgIpc) is 3.15. The second kappa shape index (κ2) is 6.76. The lowest BCUT2D eigenvalue weighted by atomic mass is 10.2. The van der Waals surface area contributed by atoms with Crippen molar-refractivity contribution in [3.05, 3.63) is 42.7 Å². The fourth-order valence-corrected chi connectivity index (χ4v) is 2.90. The van der Waals surface area contributed by atoms with Gasteiger partial charge in [-0.3, -0.25) is 9.67 Å². The minimum absolute atomic E-state index is 0.382. The predicted molar refractivity (Wildman–Crippen MR) is 95.4 cm³/mol. The lowest BCUT2D eigenvalue weighted by molar-refractivity contribution is 0.633. The van der Waals surface area contributed by atoms with Crippen LogP contribution in [0.1, 0.15) is 5.69 Å². The zero-order valence-corrected chi connectivity index (χ0v) is 14.3. The van der Waals surface area contributed by atoms with Gasteiger partial charge in [-0.2, -0.15) is 10.4 Å². The summed E-state index contributed by atoms with van der Waals surface area (Å²) in [6.07, 6.45) is 8.85. The first-order chi connectivity index (χ1) is 12.7. The van der Waals surface area contributed by atoms with E-state index in [1.807, 2.05) is 13.2 Å². The van der Waals surface area contributed by atoms with Gasteiger partial charge in [0.25, 0.3) is 0 Å². The summed E-state index contributed by atoms with van der Waals surface area (Å²) >= 11 is 0. The Balaban J connectivity index is 1.47. The largest absolute Gasteiger partial charge is 0.352 e. The maximum atomic E-state index is 8.98. The van der Waals surface area contributed by atoms with Crippen molar-refractivity contribution in [2.75, 3.05) is 36.0 Å². The summed E-state index contributed by atoms with van der Waals surface area (Å²) in [5.74, 6) is 1.44. The Morgan fingerprint density at radius 1 is 1.04 bits per heavy atom. The molecule has 1 fully saturated rings. The van der Waals surface area contributed by atoms with E-state index in [2.05, 4.69) is 35.9 Å². The molecule has 26 heavy (non-hydrogen) atoms. The Kier molecular flexibility index (Phi) is 4.15. The van der Waals surface area contributed by atoms with E-state index in [0.29, 0.717) is 11.6 Å². The summed E-state index contributed by atoms with van der Waals surface area (Å²) in [7, 11) is 1.88. The number of nitrogens with zero attached hydrogens (tertiary/aromatic N) is 9. The predicted octanol–water partition coefficient (Wildman–Crippen LogP) is 0.865. The molecule has 1 aliphatic heterocycles. The molecule has 0 radical (unpaired) electrons. The number of hydrogen-bond donors (Lipinski definition) is 0. The van der Waals surface area contributed by atoms with Crippen LogP contribution in [0, 0.1) is 11.3 Å². The van der Waals surface area contributed by atoms with Gasteiger partial charge in [-0.1, -0.05) is 0 Å². The molecular weight excluding hydrogens is 330 g/mol. The van der Waals surface area contributed by atoms with Crippen LogP contribution in [0.15, 0.2) is 37.1 Å². The van der Waals surface area contributed by atoms with Crippen molar-refractivity contribution < 1.29 is 0 Å². The number of anilines is 2. The van der Waals surface area contributed by atoms with E-state index in [9.17, 15) is 0 Å². The highest BCUT2D eigenvalue weighted by Gasteiger charge is 2.21. The standard InChI is InChI=1S/C17H17N9/c1-24-12-13(9-21-24)15-10-19-11-16(23-15)25-4-6-26(7-5-25)17-20-3-2-14(8-18)22-17/h2-3,9-12H,4-7H2,1H3. The van der Waals surface area contributed by atoms with Gasteiger partial charge < -0.3 is 9.80 Å². The van der Waals surface area contributed by atoms with Crippen LogP contribution in [0.3, 0.4) is 0 Å². The topological polar surface area (TPSA) is 99.7 Å². The van der Waals surface area contributed by atoms with Gasteiger partial charge in [0.15, 0.2) is 0 Å². The number of piperazine rings is 1. The molecule has 0 bridgehead atoms. The molecule has 4 heterocycles. The van der Waals surface area contributed by atoms with E-state index in [-0.39, 0.29) is 0 Å². The third kappa shape index (κ3) is 3.17. The van der Waals surface area contributed by atoms with Crippen LogP contribution < -0.4 is 9.80 Å². The van der Waals surface area contributed by atoms with Gasteiger partial charge in [0, 0.05) is 51.2 Å². The van der Waals surface area contributed by atoms with E-state index in [1.54, 1.807) is 35.5 Å². The van der Waals surface area contributed by atoms with Gasteiger partial charge in [0.2, 0.25) is 5.95 Å². The Labute approximate surface area is 150 Å². The number of hydrogen-bond acceptors (Lipinski definition) is 8. The van der Waals surface area contributed by atoms with E-state index in [4.69, 9.17) is 10.2 Å². The fourth-order valence-electron chi connectivity index (χ4n) is 2.90. The Hall–Kier alpha value is -3.54. The summed E-state index contributed by atoms with van der Waals surface area (Å²) in [5.41, 5.74) is 2.14. The SMILES string of the molecule is Cn1cc(-c2cncc(N3CCN(c4nccc(C#N)n4)CC3)n2)cn1. The van der Waals surface area contributed by atoms with Crippen LogP contribution in [-0.2, 0) is 7.05 Å². The van der Waals surface area contributed by atoms with Crippen molar-refractivity contribution in [2.45, 2.75) is 0 Å². The number of rotatable bonds is 3. The summed E-state index contributed by atoms with van der Waals surface area (Å²) in [6, 6.07) is 3.66. The van der Waals surface area contributed by atoms with E-state index in [1.165, 1.54) is 0 Å². The average molecular weight is 347 g/mol. The molecule has 3 aromatic rings. The second-order valence-electron chi connectivity index (χ2n) is 5.99. The van der Waals surface area contributed by atoms with Crippen molar-refractivity contribution in [3.63, 3.8) is 0 Å². The molecule has 1 aliphatic rings. The maximum Gasteiger partial charge on any atom is 0.226 e. The van der Waals surface area contributed by atoms with Crippen molar-refractivity contribution in [1.82, 2.24) is 29.7 Å². The van der Waals surface area contributed by atoms with Crippen molar-refractivity contribution in [1.29, 1.82) is 5.26 Å². The van der Waals surface area contributed by atoms with Crippen LogP contribution in [-0.4, -0.2) is 55.9 Å². The molecule has 0 spiro atoms. The second-order valence-corrected chi connectivity index (χ2v) is 5.99. The van der Waals surface area contributed by atoms with E-state index in [0.717, 1.165) is 43.3 Å². The third-order valence-electron chi connectivity index (χ3n) is 4.27. The highest BCUT2D eigenvalue weighted by Crippen LogP contribution is 2.20. The number of aromatic nitrogens is 6. The van der Waals surface area contributed by atoms with Crippen molar-refractivity contribution in [2.24, 2.45) is 7.05 Å². The lowest BCUT2D eigenvalue weighted by Gasteiger charge is -2.35. The normalized spacial score (nSPS) is 14.3. The van der Waals surface area contributed by atoms with Gasteiger partial charge in [0.05, 0.1) is 24.3 Å². The number of aryl methyl sites for hydroxylation is 1. The Morgan fingerprint density at radius 3 is 2.58 bits per heavy atom. The number of nitriles is 1. The molecule has 0 aliphatic carbocycles. The van der Waals surface area contributed by atoms with Crippen molar-refractivity contribution >= 4 is 11.8 Å². The molecule has 0 aromatic carbocycles. The maximum absolute atomic E-state index is 8.98. The highest BCUT2D eigenvalue weighted by molar-refractivity contribution is 5.58. The van der Waals surface area contributed by atoms with E-state index < -0.39 is 0 Å². The molecule has 0 N–H and O–H groups in total. The zero-order valence-electron chi connectivity index (χ0n) is 14.3. The minimum Gasteiger partial charge on any atom is -0.352 e. The quantitative estimate of drug-likeness (QED) is 0.688. The van der Waals surface area contributed by atoms with Crippen LogP contribution >= 0.6 is 0 Å². The summed E-state index contributed by atoms with van der Waals surface area (Å²) in [6.45, 7) is 3.08. The molecule has 0 saturated carbocycles. The van der Waals surface area contributed by atoms with Crippen LogP contribution in [0.25, 0.3) is 11.3 Å². The van der Waals surface area contributed by atoms with Gasteiger partial charge in [-0.05, 0) is 6.07 Å². The Morgan fingerprint density at radius 2 is 1.85 bits per heavy atom. The first-order valence-corrected chi connectivity index (χ1v) is 8.27. The Bertz CT molecular complexity index is 951. The van der Waals surface area contributed by atoms with Crippen LogP contribution in [0.2, 0.25) is 0 Å².